The van der Waals surface area contributed by atoms with E-state index < -0.39 is 0 Å². The summed E-state index contributed by atoms with van der Waals surface area (Å²) in [6.45, 7) is 0. The van der Waals surface area contributed by atoms with Gasteiger partial charge in [0.1, 0.15) is 6.07 Å². The average molecular weight is 253 g/mol. The molecule has 0 unspecified atom stereocenters. The third-order valence-corrected chi connectivity index (χ3v) is 3.86. The highest BCUT2D eigenvalue weighted by Crippen LogP contribution is 2.31. The molecule has 1 heterocycles. The monoisotopic (exact) mass is 252 g/mol. The SMILES string of the molecule is N#Cc1ccc(Sc2nccs2)cc1Cl. The van der Waals surface area contributed by atoms with Crippen LogP contribution in [0.2, 0.25) is 5.02 Å². The van der Waals surface area contributed by atoms with Crippen LogP contribution in [0.15, 0.2) is 39.0 Å². The molecule has 5 heteroatoms. The van der Waals surface area contributed by atoms with E-state index in [-0.39, 0.29) is 0 Å². The van der Waals surface area contributed by atoms with E-state index in [4.69, 9.17) is 16.9 Å². The lowest BCUT2D eigenvalue weighted by Crippen LogP contribution is -1.78. The summed E-state index contributed by atoms with van der Waals surface area (Å²) in [4.78, 5) is 5.15. The molecule has 2 rings (SSSR count). The van der Waals surface area contributed by atoms with Gasteiger partial charge in [0, 0.05) is 16.5 Å². The highest BCUT2D eigenvalue weighted by molar-refractivity contribution is 8.01. The molecule has 15 heavy (non-hydrogen) atoms. The number of hydrogen-bond acceptors (Lipinski definition) is 4. The first kappa shape index (κ1) is 10.5. The van der Waals surface area contributed by atoms with E-state index in [9.17, 15) is 0 Å². The van der Waals surface area contributed by atoms with Crippen molar-refractivity contribution in [2.45, 2.75) is 9.24 Å². The Morgan fingerprint density at radius 2 is 2.33 bits per heavy atom. The highest BCUT2D eigenvalue weighted by atomic mass is 35.5. The molecule has 2 nitrogen and oxygen atoms in total. The van der Waals surface area contributed by atoms with Gasteiger partial charge in [0.05, 0.1) is 10.6 Å². The third-order valence-electron chi connectivity index (χ3n) is 1.68. The van der Waals surface area contributed by atoms with Crippen molar-refractivity contribution < 1.29 is 0 Å². The molecule has 0 amide bonds. The predicted octanol–water partition coefficient (Wildman–Crippen LogP) is 3.82. The number of nitriles is 1. The van der Waals surface area contributed by atoms with Crippen LogP contribution in [0, 0.1) is 11.3 Å². The molecule has 0 bridgehead atoms. The quantitative estimate of drug-likeness (QED) is 0.815. The largest absolute Gasteiger partial charge is 0.238 e. The Kier molecular flexibility index (Phi) is 3.27. The molecule has 0 radical (unpaired) electrons. The van der Waals surface area contributed by atoms with Gasteiger partial charge in [0.25, 0.3) is 0 Å². The standard InChI is InChI=1S/C10H5ClN2S2/c11-9-5-8(2-1-7(9)6-12)15-10-13-3-4-14-10/h1-5H. The molecule has 0 saturated heterocycles. The molecule has 2 aromatic rings. The molecule has 0 aliphatic heterocycles. The van der Waals surface area contributed by atoms with Crippen molar-refractivity contribution in [3.05, 3.63) is 40.4 Å². The third kappa shape index (κ3) is 2.51. The van der Waals surface area contributed by atoms with Crippen molar-refractivity contribution in [2.75, 3.05) is 0 Å². The predicted molar refractivity (Wildman–Crippen MR) is 62.4 cm³/mol. The van der Waals surface area contributed by atoms with Crippen molar-refractivity contribution in [2.24, 2.45) is 0 Å². The zero-order chi connectivity index (χ0) is 10.7. The number of aromatic nitrogens is 1. The van der Waals surface area contributed by atoms with Gasteiger partial charge in [-0.15, -0.1) is 11.3 Å². The fourth-order valence-electron chi connectivity index (χ4n) is 1.01. The molecule has 1 aromatic carbocycles. The van der Waals surface area contributed by atoms with Gasteiger partial charge in [-0.25, -0.2) is 4.98 Å². The van der Waals surface area contributed by atoms with Crippen molar-refractivity contribution in [3.63, 3.8) is 0 Å². The summed E-state index contributed by atoms with van der Waals surface area (Å²) in [7, 11) is 0. The van der Waals surface area contributed by atoms with Crippen LogP contribution < -0.4 is 0 Å². The Labute approximate surface area is 101 Å². The van der Waals surface area contributed by atoms with E-state index in [1.54, 1.807) is 41.4 Å². The molecule has 0 saturated carbocycles. The minimum Gasteiger partial charge on any atom is -0.238 e. The summed E-state index contributed by atoms with van der Waals surface area (Å²) in [5.41, 5.74) is 0.500. The Hall–Kier alpha value is -1.02. The van der Waals surface area contributed by atoms with Crippen LogP contribution in [0.3, 0.4) is 0 Å². The van der Waals surface area contributed by atoms with Crippen LogP contribution in [0.25, 0.3) is 0 Å². The Morgan fingerprint density at radius 3 is 2.93 bits per heavy atom. The normalized spacial score (nSPS) is 9.87. The number of nitrogens with zero attached hydrogens (tertiary/aromatic N) is 2. The van der Waals surface area contributed by atoms with Crippen LogP contribution in [0.5, 0.6) is 0 Å². The molecular weight excluding hydrogens is 248 g/mol. The summed E-state index contributed by atoms with van der Waals surface area (Å²) in [6.07, 6.45) is 1.76. The van der Waals surface area contributed by atoms with Crippen LogP contribution in [-0.2, 0) is 0 Å². The average Bonchev–Trinajstić information content (AvgIpc) is 2.71. The summed E-state index contributed by atoms with van der Waals surface area (Å²) in [6, 6.07) is 7.40. The Balaban J connectivity index is 2.24. The lowest BCUT2D eigenvalue weighted by Gasteiger charge is -1.99. The van der Waals surface area contributed by atoms with E-state index in [0.29, 0.717) is 10.6 Å². The second kappa shape index (κ2) is 4.67. The molecule has 0 aliphatic carbocycles. The number of hydrogen-bond donors (Lipinski definition) is 0. The maximum absolute atomic E-state index is 8.71. The summed E-state index contributed by atoms with van der Waals surface area (Å²) in [5.74, 6) is 0. The fraction of sp³-hybridized carbons (Fsp3) is 0. The minimum absolute atomic E-state index is 0.485. The highest BCUT2D eigenvalue weighted by Gasteiger charge is 2.03. The van der Waals surface area contributed by atoms with E-state index in [2.05, 4.69) is 4.98 Å². The van der Waals surface area contributed by atoms with E-state index in [1.807, 2.05) is 17.5 Å². The number of benzene rings is 1. The second-order valence-corrected chi connectivity index (χ2v) is 5.28. The summed E-state index contributed by atoms with van der Waals surface area (Å²) in [5, 5.41) is 11.1. The second-order valence-electron chi connectivity index (χ2n) is 2.65. The van der Waals surface area contributed by atoms with Gasteiger partial charge in [-0.1, -0.05) is 23.4 Å². The molecule has 1 aromatic heterocycles. The van der Waals surface area contributed by atoms with Crippen molar-refractivity contribution in [1.29, 1.82) is 5.26 Å². The summed E-state index contributed by atoms with van der Waals surface area (Å²) < 4.78 is 0.968. The first-order valence-corrected chi connectivity index (χ1v) is 6.14. The zero-order valence-electron chi connectivity index (χ0n) is 7.48. The lowest BCUT2D eigenvalue weighted by molar-refractivity contribution is 1.25. The van der Waals surface area contributed by atoms with Crippen molar-refractivity contribution in [3.8, 4) is 6.07 Å². The zero-order valence-corrected chi connectivity index (χ0v) is 9.86. The first-order valence-electron chi connectivity index (χ1n) is 4.06. The van der Waals surface area contributed by atoms with E-state index in [0.717, 1.165) is 9.24 Å². The maximum atomic E-state index is 8.71. The van der Waals surface area contributed by atoms with Crippen LogP contribution >= 0.6 is 34.7 Å². The van der Waals surface area contributed by atoms with Crippen LogP contribution in [0.4, 0.5) is 0 Å². The van der Waals surface area contributed by atoms with Gasteiger partial charge in [-0.2, -0.15) is 5.26 Å². The number of thiazole rings is 1. The van der Waals surface area contributed by atoms with Gasteiger partial charge in [-0.05, 0) is 18.2 Å². The van der Waals surface area contributed by atoms with Crippen LogP contribution in [-0.4, -0.2) is 4.98 Å². The maximum Gasteiger partial charge on any atom is 0.154 e. The Morgan fingerprint density at radius 1 is 1.47 bits per heavy atom. The molecule has 0 N–H and O–H groups in total. The number of halogens is 1. The van der Waals surface area contributed by atoms with Crippen molar-refractivity contribution in [1.82, 2.24) is 4.98 Å². The van der Waals surface area contributed by atoms with Crippen LogP contribution in [0.1, 0.15) is 5.56 Å². The molecular formula is C10H5ClN2S2. The smallest absolute Gasteiger partial charge is 0.154 e. The Bertz CT molecular complexity index is 503. The fourth-order valence-corrected chi connectivity index (χ4v) is 2.93. The molecule has 74 valence electrons. The van der Waals surface area contributed by atoms with E-state index in [1.165, 1.54) is 0 Å². The van der Waals surface area contributed by atoms with Gasteiger partial charge < -0.3 is 0 Å². The molecule has 0 spiro atoms. The van der Waals surface area contributed by atoms with Gasteiger partial charge >= 0.3 is 0 Å². The van der Waals surface area contributed by atoms with Gasteiger partial charge in [-0.3, -0.25) is 0 Å². The molecule has 0 fully saturated rings. The van der Waals surface area contributed by atoms with Crippen molar-refractivity contribution >= 4 is 34.7 Å². The number of rotatable bonds is 2. The first-order chi connectivity index (χ1) is 7.29. The van der Waals surface area contributed by atoms with E-state index >= 15 is 0 Å². The van der Waals surface area contributed by atoms with Gasteiger partial charge in [0.15, 0.2) is 4.34 Å². The minimum atomic E-state index is 0.485. The van der Waals surface area contributed by atoms with Gasteiger partial charge in [0.2, 0.25) is 0 Å². The molecule has 0 aliphatic rings. The molecule has 0 atom stereocenters. The lowest BCUT2D eigenvalue weighted by atomic mass is 10.2. The summed E-state index contributed by atoms with van der Waals surface area (Å²) >= 11 is 9.04. The topological polar surface area (TPSA) is 36.7 Å².